The zero-order chi connectivity index (χ0) is 13.8. The molecule has 102 valence electrons. The van der Waals surface area contributed by atoms with Crippen molar-refractivity contribution < 1.29 is 0 Å². The molecule has 0 amide bonds. The average Bonchev–Trinajstić information content (AvgIpc) is 2.80. The van der Waals surface area contributed by atoms with Crippen LogP contribution in [-0.4, -0.2) is 21.5 Å². The van der Waals surface area contributed by atoms with Crippen LogP contribution in [0.4, 0.5) is 11.8 Å². The lowest BCUT2D eigenvalue weighted by Crippen LogP contribution is -2.10. The number of halogens is 1. The van der Waals surface area contributed by atoms with Gasteiger partial charge in [-0.15, -0.1) is 11.3 Å². The topological polar surface area (TPSA) is 62.7 Å². The van der Waals surface area contributed by atoms with E-state index in [1.165, 1.54) is 4.88 Å². The van der Waals surface area contributed by atoms with Gasteiger partial charge in [-0.3, -0.25) is 0 Å². The van der Waals surface area contributed by atoms with Crippen molar-refractivity contribution in [1.29, 1.82) is 0 Å². The second-order valence-corrected chi connectivity index (χ2v) is 6.22. The number of aromatic nitrogens is 3. The predicted molar refractivity (Wildman–Crippen MR) is 82.8 cm³/mol. The molecule has 19 heavy (non-hydrogen) atoms. The summed E-state index contributed by atoms with van der Waals surface area (Å²) in [7, 11) is 0. The van der Waals surface area contributed by atoms with E-state index in [9.17, 15) is 0 Å². The number of rotatable bonds is 5. The second-order valence-electron chi connectivity index (χ2n) is 4.10. The highest BCUT2D eigenvalue weighted by Crippen LogP contribution is 2.26. The van der Waals surface area contributed by atoms with E-state index in [0.717, 1.165) is 21.8 Å². The van der Waals surface area contributed by atoms with Crippen LogP contribution < -0.4 is 10.6 Å². The Balaban J connectivity index is 2.15. The summed E-state index contributed by atoms with van der Waals surface area (Å²) in [6.45, 7) is 6.93. The molecule has 7 heteroatoms. The maximum Gasteiger partial charge on any atom is 0.224 e. The van der Waals surface area contributed by atoms with Crippen LogP contribution in [0.25, 0.3) is 0 Å². The van der Waals surface area contributed by atoms with E-state index in [0.29, 0.717) is 5.95 Å². The number of aryl methyl sites for hydroxylation is 1. The number of thiazole rings is 1. The molecule has 2 aromatic rings. The Bertz CT molecular complexity index is 557. The summed E-state index contributed by atoms with van der Waals surface area (Å²) >= 11 is 5.14. The first-order valence-electron chi connectivity index (χ1n) is 6.05. The van der Waals surface area contributed by atoms with Crippen molar-refractivity contribution in [2.75, 3.05) is 17.2 Å². The van der Waals surface area contributed by atoms with Crippen LogP contribution in [0.2, 0.25) is 0 Å². The quantitative estimate of drug-likeness (QED) is 0.869. The number of anilines is 2. The van der Waals surface area contributed by atoms with Crippen LogP contribution in [-0.2, 0) is 0 Å². The molecule has 2 heterocycles. The highest BCUT2D eigenvalue weighted by molar-refractivity contribution is 9.10. The van der Waals surface area contributed by atoms with Crippen LogP contribution in [0.15, 0.2) is 16.9 Å². The smallest absolute Gasteiger partial charge is 0.224 e. The van der Waals surface area contributed by atoms with Crippen LogP contribution >= 0.6 is 27.3 Å². The molecule has 0 aromatic carbocycles. The van der Waals surface area contributed by atoms with Crippen LogP contribution in [0.5, 0.6) is 0 Å². The molecule has 0 aliphatic rings. The molecular weight excluding hydrogens is 326 g/mol. The third kappa shape index (κ3) is 3.63. The molecule has 0 bridgehead atoms. The molecule has 0 aliphatic heterocycles. The number of hydrogen-bond acceptors (Lipinski definition) is 6. The minimum atomic E-state index is 0.111. The Morgan fingerprint density at radius 1 is 1.37 bits per heavy atom. The van der Waals surface area contributed by atoms with Crippen molar-refractivity contribution in [3.8, 4) is 0 Å². The Kier molecular flexibility index (Phi) is 4.71. The van der Waals surface area contributed by atoms with E-state index < -0.39 is 0 Å². The van der Waals surface area contributed by atoms with E-state index in [1.807, 2.05) is 13.1 Å². The Morgan fingerprint density at radius 2 is 2.16 bits per heavy atom. The van der Waals surface area contributed by atoms with Crippen molar-refractivity contribution >= 4 is 39.0 Å². The summed E-state index contributed by atoms with van der Waals surface area (Å²) in [6.07, 6.45) is 3.63. The SMILES string of the molecule is CCNc1ncc(Br)c(NC(C)c2ncc(C)s2)n1. The normalized spacial score (nSPS) is 12.2. The zero-order valence-electron chi connectivity index (χ0n) is 11.1. The van der Waals surface area contributed by atoms with Crippen molar-refractivity contribution in [3.05, 3.63) is 26.8 Å². The third-order valence-corrected chi connectivity index (χ3v) is 4.12. The van der Waals surface area contributed by atoms with Gasteiger partial charge in [-0.05, 0) is 36.7 Å². The highest BCUT2D eigenvalue weighted by atomic mass is 79.9. The van der Waals surface area contributed by atoms with Gasteiger partial charge in [0, 0.05) is 23.8 Å². The van der Waals surface area contributed by atoms with Crippen molar-refractivity contribution in [2.45, 2.75) is 26.8 Å². The van der Waals surface area contributed by atoms with Crippen molar-refractivity contribution in [1.82, 2.24) is 15.0 Å². The summed E-state index contributed by atoms with van der Waals surface area (Å²) < 4.78 is 0.842. The van der Waals surface area contributed by atoms with Crippen LogP contribution in [0, 0.1) is 6.92 Å². The predicted octanol–water partition coefficient (Wildman–Crippen LogP) is 3.61. The van der Waals surface area contributed by atoms with Gasteiger partial charge in [0.05, 0.1) is 10.5 Å². The molecule has 0 radical (unpaired) electrons. The fourth-order valence-corrected chi connectivity index (χ4v) is 2.63. The lowest BCUT2D eigenvalue weighted by molar-refractivity contribution is 0.856. The summed E-state index contributed by atoms with van der Waals surface area (Å²) in [6, 6.07) is 0.111. The van der Waals surface area contributed by atoms with Gasteiger partial charge in [0.2, 0.25) is 5.95 Å². The van der Waals surface area contributed by atoms with E-state index >= 15 is 0 Å². The third-order valence-electron chi connectivity index (χ3n) is 2.44. The Labute approximate surface area is 125 Å². The van der Waals surface area contributed by atoms with Crippen molar-refractivity contribution in [2.24, 2.45) is 0 Å². The summed E-state index contributed by atoms with van der Waals surface area (Å²) in [4.78, 5) is 14.2. The van der Waals surface area contributed by atoms with E-state index in [1.54, 1.807) is 17.5 Å². The van der Waals surface area contributed by atoms with Crippen LogP contribution in [0.1, 0.15) is 29.8 Å². The van der Waals surface area contributed by atoms with Gasteiger partial charge in [-0.1, -0.05) is 0 Å². The van der Waals surface area contributed by atoms with Gasteiger partial charge >= 0.3 is 0 Å². The molecule has 0 spiro atoms. The van der Waals surface area contributed by atoms with Crippen LogP contribution in [0.3, 0.4) is 0 Å². The molecule has 0 fully saturated rings. The highest BCUT2D eigenvalue weighted by Gasteiger charge is 2.12. The van der Waals surface area contributed by atoms with Gasteiger partial charge in [0.15, 0.2) is 0 Å². The van der Waals surface area contributed by atoms with E-state index in [4.69, 9.17) is 0 Å². The van der Waals surface area contributed by atoms with E-state index in [2.05, 4.69) is 55.4 Å². The molecule has 2 N–H and O–H groups in total. The minimum absolute atomic E-state index is 0.111. The molecule has 2 rings (SSSR count). The molecule has 0 saturated heterocycles. The Morgan fingerprint density at radius 3 is 2.79 bits per heavy atom. The van der Waals surface area contributed by atoms with Gasteiger partial charge < -0.3 is 10.6 Å². The number of hydrogen-bond donors (Lipinski definition) is 2. The maximum atomic E-state index is 4.43. The first kappa shape index (κ1) is 14.2. The molecule has 1 unspecified atom stereocenters. The number of nitrogens with zero attached hydrogens (tertiary/aromatic N) is 3. The number of nitrogens with one attached hydrogen (secondary N) is 2. The minimum Gasteiger partial charge on any atom is -0.360 e. The van der Waals surface area contributed by atoms with E-state index in [-0.39, 0.29) is 6.04 Å². The molecule has 2 aromatic heterocycles. The molecule has 0 aliphatic carbocycles. The average molecular weight is 342 g/mol. The summed E-state index contributed by atoms with van der Waals surface area (Å²) in [5.74, 6) is 1.39. The molecular formula is C12H16BrN5S. The zero-order valence-corrected chi connectivity index (χ0v) is 13.5. The lowest BCUT2D eigenvalue weighted by atomic mass is 10.3. The monoisotopic (exact) mass is 341 g/mol. The van der Waals surface area contributed by atoms with Gasteiger partial charge in [-0.2, -0.15) is 4.98 Å². The van der Waals surface area contributed by atoms with Gasteiger partial charge in [0.25, 0.3) is 0 Å². The molecule has 0 saturated carbocycles. The first-order chi connectivity index (χ1) is 9.10. The molecule has 1 atom stereocenters. The van der Waals surface area contributed by atoms with Crippen molar-refractivity contribution in [3.63, 3.8) is 0 Å². The maximum absolute atomic E-state index is 4.43. The van der Waals surface area contributed by atoms with Gasteiger partial charge in [-0.25, -0.2) is 9.97 Å². The largest absolute Gasteiger partial charge is 0.360 e. The van der Waals surface area contributed by atoms with Gasteiger partial charge in [0.1, 0.15) is 10.8 Å². The molecule has 5 nitrogen and oxygen atoms in total. The standard InChI is InChI=1S/C12H16BrN5S/c1-4-14-12-16-6-9(13)10(18-12)17-8(3)11-15-5-7(2)19-11/h5-6,8H,4H2,1-3H3,(H2,14,16,17,18). The summed E-state index contributed by atoms with van der Waals surface area (Å²) in [5.41, 5.74) is 0. The fourth-order valence-electron chi connectivity index (χ4n) is 1.55. The first-order valence-corrected chi connectivity index (χ1v) is 7.66. The Hall–Kier alpha value is -1.21. The fraction of sp³-hybridized carbons (Fsp3) is 0.417. The summed E-state index contributed by atoms with van der Waals surface area (Å²) in [5, 5.41) is 7.49. The lowest BCUT2D eigenvalue weighted by Gasteiger charge is -2.14. The second kappa shape index (κ2) is 6.29.